The van der Waals surface area contributed by atoms with Crippen molar-refractivity contribution in [3.8, 4) is 5.75 Å². The molecule has 0 unspecified atom stereocenters. The first kappa shape index (κ1) is 17.5. The van der Waals surface area contributed by atoms with Gasteiger partial charge in [0.05, 0.1) is 11.9 Å². The van der Waals surface area contributed by atoms with Crippen LogP contribution in [-0.2, 0) is 6.54 Å². The van der Waals surface area contributed by atoms with E-state index in [9.17, 15) is 8.78 Å². The number of rotatable bonds is 6. The number of hydrogen-bond acceptors (Lipinski definition) is 5. The van der Waals surface area contributed by atoms with E-state index in [1.165, 1.54) is 12.3 Å². The van der Waals surface area contributed by atoms with Crippen molar-refractivity contribution >= 4 is 5.82 Å². The van der Waals surface area contributed by atoms with E-state index in [2.05, 4.69) is 31.8 Å². The van der Waals surface area contributed by atoms with Crippen LogP contribution in [0.2, 0.25) is 0 Å². The zero-order chi connectivity index (χ0) is 17.6. The lowest BCUT2D eigenvalue weighted by Crippen LogP contribution is -2.45. The molecule has 1 aliphatic heterocycles. The normalized spacial score (nSPS) is 21.3. The summed E-state index contributed by atoms with van der Waals surface area (Å²) in [7, 11) is 0. The summed E-state index contributed by atoms with van der Waals surface area (Å²) in [5, 5.41) is 3.40. The largest absolute Gasteiger partial charge is 0.433 e. The maximum Gasteiger partial charge on any atom is 0.387 e. The van der Waals surface area contributed by atoms with Crippen molar-refractivity contribution in [3.63, 3.8) is 0 Å². The van der Waals surface area contributed by atoms with E-state index in [-0.39, 0.29) is 5.75 Å². The number of hydrogen-bond donors (Lipinski definition) is 1. The van der Waals surface area contributed by atoms with Crippen molar-refractivity contribution in [3.05, 3.63) is 48.4 Å². The van der Waals surface area contributed by atoms with Gasteiger partial charge in [0.25, 0.3) is 0 Å². The van der Waals surface area contributed by atoms with Crippen LogP contribution in [0.5, 0.6) is 5.75 Å². The maximum atomic E-state index is 12.2. The van der Waals surface area contributed by atoms with E-state index in [4.69, 9.17) is 0 Å². The van der Waals surface area contributed by atoms with Crippen molar-refractivity contribution in [1.29, 1.82) is 0 Å². The Morgan fingerprint density at radius 1 is 1.28 bits per heavy atom. The number of halogens is 2. The number of aromatic nitrogens is 2. The standard InChI is InChI=1S/C18H22F2N4O/c1-13-11-24(12-14-4-2-3-8-21-14)9-7-16(13)23-17-6-5-15(10-22-17)25-18(19)20/h2-6,8,10,13,16,18H,7,9,11-12H2,1H3,(H,22,23)/t13-,16+/m1/s1. The van der Waals surface area contributed by atoms with E-state index in [1.807, 2.05) is 24.4 Å². The Morgan fingerprint density at radius 3 is 2.80 bits per heavy atom. The number of alkyl halides is 2. The van der Waals surface area contributed by atoms with Crippen molar-refractivity contribution in [2.24, 2.45) is 5.92 Å². The van der Waals surface area contributed by atoms with E-state index in [1.54, 1.807) is 6.07 Å². The zero-order valence-electron chi connectivity index (χ0n) is 14.1. The Hall–Kier alpha value is -2.28. The summed E-state index contributed by atoms with van der Waals surface area (Å²) >= 11 is 0. The number of ether oxygens (including phenoxy) is 1. The Bertz CT molecular complexity index is 654. The number of pyridine rings is 2. The monoisotopic (exact) mass is 348 g/mol. The molecule has 1 saturated heterocycles. The molecule has 1 fully saturated rings. The molecule has 2 aromatic rings. The molecule has 0 radical (unpaired) electrons. The topological polar surface area (TPSA) is 50.3 Å². The highest BCUT2D eigenvalue weighted by Gasteiger charge is 2.26. The van der Waals surface area contributed by atoms with Gasteiger partial charge in [-0.2, -0.15) is 8.78 Å². The minimum absolute atomic E-state index is 0.0683. The molecule has 1 aliphatic rings. The van der Waals surface area contributed by atoms with Crippen LogP contribution in [0.1, 0.15) is 19.0 Å². The average Bonchev–Trinajstić information content (AvgIpc) is 2.59. The van der Waals surface area contributed by atoms with Gasteiger partial charge in [0.2, 0.25) is 0 Å². The first-order valence-electron chi connectivity index (χ1n) is 8.40. The fourth-order valence-corrected chi connectivity index (χ4v) is 3.14. The third kappa shape index (κ3) is 5.09. The van der Waals surface area contributed by atoms with Crippen LogP contribution < -0.4 is 10.1 Å². The van der Waals surface area contributed by atoms with Crippen molar-refractivity contribution in [1.82, 2.24) is 14.9 Å². The summed E-state index contributed by atoms with van der Waals surface area (Å²) in [5.41, 5.74) is 1.08. The van der Waals surface area contributed by atoms with Crippen LogP contribution in [0.25, 0.3) is 0 Å². The number of anilines is 1. The van der Waals surface area contributed by atoms with Crippen LogP contribution in [0.4, 0.5) is 14.6 Å². The third-order valence-electron chi connectivity index (χ3n) is 4.40. The van der Waals surface area contributed by atoms with Crippen LogP contribution in [-0.4, -0.2) is 40.6 Å². The van der Waals surface area contributed by atoms with Gasteiger partial charge in [-0.25, -0.2) is 4.98 Å². The van der Waals surface area contributed by atoms with Gasteiger partial charge in [-0.05, 0) is 36.6 Å². The van der Waals surface area contributed by atoms with E-state index in [0.717, 1.165) is 31.7 Å². The smallest absolute Gasteiger partial charge is 0.387 e. The predicted octanol–water partition coefficient (Wildman–Crippen LogP) is 3.40. The minimum atomic E-state index is -2.83. The molecule has 0 aromatic carbocycles. The van der Waals surface area contributed by atoms with Crippen LogP contribution >= 0.6 is 0 Å². The average molecular weight is 348 g/mol. The summed E-state index contributed by atoms with van der Waals surface area (Å²) in [6.45, 7) is 2.18. The zero-order valence-corrected chi connectivity index (χ0v) is 14.1. The molecule has 0 saturated carbocycles. The molecule has 0 aliphatic carbocycles. The fraction of sp³-hybridized carbons (Fsp3) is 0.444. The van der Waals surface area contributed by atoms with Crippen molar-refractivity contribution in [2.45, 2.75) is 32.5 Å². The van der Waals surface area contributed by atoms with Crippen molar-refractivity contribution in [2.75, 3.05) is 18.4 Å². The molecular weight excluding hydrogens is 326 g/mol. The lowest BCUT2D eigenvalue weighted by Gasteiger charge is -2.37. The summed E-state index contributed by atoms with van der Waals surface area (Å²) in [6.07, 6.45) is 4.13. The van der Waals surface area contributed by atoms with E-state index in [0.29, 0.717) is 17.8 Å². The van der Waals surface area contributed by atoms with Gasteiger partial charge in [0.15, 0.2) is 0 Å². The second-order valence-corrected chi connectivity index (χ2v) is 6.33. The van der Waals surface area contributed by atoms with Crippen LogP contribution in [0.15, 0.2) is 42.7 Å². The molecule has 2 aromatic heterocycles. The molecule has 7 heteroatoms. The van der Waals surface area contributed by atoms with Gasteiger partial charge in [-0.1, -0.05) is 13.0 Å². The van der Waals surface area contributed by atoms with Crippen molar-refractivity contribution < 1.29 is 13.5 Å². The van der Waals surface area contributed by atoms with Gasteiger partial charge < -0.3 is 10.1 Å². The van der Waals surface area contributed by atoms with E-state index < -0.39 is 6.61 Å². The highest BCUT2D eigenvalue weighted by Crippen LogP contribution is 2.22. The number of likely N-dealkylation sites (tertiary alicyclic amines) is 1. The molecule has 0 bridgehead atoms. The summed E-state index contributed by atoms with van der Waals surface area (Å²) in [6, 6.07) is 9.45. The number of nitrogens with one attached hydrogen (secondary N) is 1. The van der Waals surface area contributed by atoms with Crippen LogP contribution in [0.3, 0.4) is 0 Å². The van der Waals surface area contributed by atoms with Gasteiger partial charge in [0.1, 0.15) is 11.6 Å². The predicted molar refractivity (Wildman–Crippen MR) is 91.6 cm³/mol. The summed E-state index contributed by atoms with van der Waals surface area (Å²) < 4.78 is 28.6. The molecule has 5 nitrogen and oxygen atoms in total. The molecule has 3 rings (SSSR count). The lowest BCUT2D eigenvalue weighted by atomic mass is 9.93. The van der Waals surface area contributed by atoms with Crippen LogP contribution in [0, 0.1) is 5.92 Å². The quantitative estimate of drug-likeness (QED) is 0.867. The third-order valence-corrected chi connectivity index (χ3v) is 4.40. The molecule has 25 heavy (non-hydrogen) atoms. The second-order valence-electron chi connectivity index (χ2n) is 6.33. The lowest BCUT2D eigenvalue weighted by molar-refractivity contribution is -0.0500. The first-order chi connectivity index (χ1) is 12.1. The first-order valence-corrected chi connectivity index (χ1v) is 8.40. The minimum Gasteiger partial charge on any atom is -0.433 e. The maximum absolute atomic E-state index is 12.2. The van der Waals surface area contributed by atoms with Gasteiger partial charge in [-0.3, -0.25) is 9.88 Å². The molecule has 0 spiro atoms. The van der Waals surface area contributed by atoms with Gasteiger partial charge >= 0.3 is 6.61 Å². The molecule has 2 atom stereocenters. The fourth-order valence-electron chi connectivity index (χ4n) is 3.14. The highest BCUT2D eigenvalue weighted by molar-refractivity contribution is 5.38. The van der Waals surface area contributed by atoms with E-state index >= 15 is 0 Å². The second kappa shape index (κ2) is 8.20. The molecule has 1 N–H and O–H groups in total. The molecule has 134 valence electrons. The number of piperidine rings is 1. The Labute approximate surface area is 146 Å². The summed E-state index contributed by atoms with van der Waals surface area (Å²) in [4.78, 5) is 10.9. The Balaban J connectivity index is 1.51. The molecular formula is C18H22F2N4O. The Morgan fingerprint density at radius 2 is 2.16 bits per heavy atom. The summed E-state index contributed by atoms with van der Waals surface area (Å²) in [5.74, 6) is 1.19. The van der Waals surface area contributed by atoms with Gasteiger partial charge in [0, 0.05) is 31.9 Å². The van der Waals surface area contributed by atoms with Gasteiger partial charge in [-0.15, -0.1) is 0 Å². The Kier molecular flexibility index (Phi) is 5.75. The number of nitrogens with zero attached hydrogens (tertiary/aromatic N) is 3. The molecule has 3 heterocycles. The highest BCUT2D eigenvalue weighted by atomic mass is 19.3. The molecule has 0 amide bonds. The SMILES string of the molecule is C[C@@H]1CN(Cc2ccccn2)CC[C@@H]1Nc1ccc(OC(F)F)cn1.